The molecular weight excluding hydrogens is 508 g/mol. The van der Waals surface area contributed by atoms with E-state index in [9.17, 15) is 24.5 Å². The van der Waals surface area contributed by atoms with Crippen LogP contribution in [-0.2, 0) is 9.59 Å². The molecule has 3 aromatic carbocycles. The van der Waals surface area contributed by atoms with Gasteiger partial charge in [-0.05, 0) is 75.7 Å². The zero-order chi connectivity index (χ0) is 28.7. The summed E-state index contributed by atoms with van der Waals surface area (Å²) in [5.74, 6) is -1.47. The Kier molecular flexibility index (Phi) is 6.64. The molecule has 0 unspecified atom stereocenters. The van der Waals surface area contributed by atoms with Crippen molar-refractivity contribution in [3.63, 3.8) is 0 Å². The minimum Gasteiger partial charge on any atom is -0.318 e. The highest BCUT2D eigenvalue weighted by atomic mass is 16.6. The van der Waals surface area contributed by atoms with Gasteiger partial charge in [0.05, 0.1) is 22.0 Å². The fourth-order valence-electron chi connectivity index (χ4n) is 4.88. The van der Waals surface area contributed by atoms with Crippen molar-refractivity contribution in [3.8, 4) is 5.69 Å². The SMILES string of the molecule is Cc1ccc(N2C(=O)/C(=C/c3cc(C)n(-c4ccc(C)c([N+](=O)[O-])c4)c3C)C(=O)N(c3ccccc3)C2=O)cc1. The number of nitrogens with zero attached hydrogens (tertiary/aromatic N) is 4. The quantitative estimate of drug-likeness (QED) is 0.131. The summed E-state index contributed by atoms with van der Waals surface area (Å²) in [6.07, 6.45) is 1.48. The number of carbonyl (C=O) groups excluding carboxylic acids is 3. The van der Waals surface area contributed by atoms with Gasteiger partial charge in [0.1, 0.15) is 5.57 Å². The van der Waals surface area contributed by atoms with E-state index in [0.29, 0.717) is 33.9 Å². The normalized spacial score (nSPS) is 14.8. The van der Waals surface area contributed by atoms with Crippen LogP contribution in [0.3, 0.4) is 0 Å². The number of imide groups is 2. The summed E-state index contributed by atoms with van der Waals surface area (Å²) in [4.78, 5) is 54.2. The zero-order valence-corrected chi connectivity index (χ0v) is 22.4. The Labute approximate surface area is 230 Å². The molecule has 0 bridgehead atoms. The average molecular weight is 535 g/mol. The van der Waals surface area contributed by atoms with E-state index in [1.165, 1.54) is 12.1 Å². The third-order valence-corrected chi connectivity index (χ3v) is 6.97. The summed E-state index contributed by atoms with van der Waals surface area (Å²) in [5.41, 5.74) is 4.58. The second-order valence-electron chi connectivity index (χ2n) is 9.68. The number of urea groups is 1. The fourth-order valence-corrected chi connectivity index (χ4v) is 4.88. The predicted molar refractivity (Wildman–Crippen MR) is 153 cm³/mol. The minimum atomic E-state index is -0.764. The maximum atomic E-state index is 13.8. The lowest BCUT2D eigenvalue weighted by molar-refractivity contribution is -0.385. The van der Waals surface area contributed by atoms with E-state index in [0.717, 1.165) is 21.1 Å². The number of carbonyl (C=O) groups is 3. The molecule has 4 aromatic rings. The van der Waals surface area contributed by atoms with Crippen LogP contribution in [0, 0.1) is 37.8 Å². The topological polar surface area (TPSA) is 106 Å². The van der Waals surface area contributed by atoms with Crippen molar-refractivity contribution >= 4 is 41.0 Å². The van der Waals surface area contributed by atoms with E-state index in [2.05, 4.69) is 0 Å². The molecule has 1 fully saturated rings. The number of barbiturate groups is 1. The van der Waals surface area contributed by atoms with Gasteiger partial charge in [0.15, 0.2) is 0 Å². The Bertz CT molecular complexity index is 1720. The summed E-state index contributed by atoms with van der Waals surface area (Å²) >= 11 is 0. The van der Waals surface area contributed by atoms with Crippen LogP contribution in [0.15, 0.2) is 84.4 Å². The lowest BCUT2D eigenvalue weighted by Gasteiger charge is -2.34. The molecule has 0 saturated carbocycles. The Morgan fingerprint density at radius 3 is 1.90 bits per heavy atom. The van der Waals surface area contributed by atoms with Crippen LogP contribution in [-0.4, -0.2) is 27.3 Å². The molecule has 1 aliphatic heterocycles. The lowest BCUT2D eigenvalue weighted by Crippen LogP contribution is -2.57. The van der Waals surface area contributed by atoms with Gasteiger partial charge < -0.3 is 4.57 Å². The molecule has 1 aromatic heterocycles. The van der Waals surface area contributed by atoms with Crippen LogP contribution < -0.4 is 9.80 Å². The number of hydrogen-bond acceptors (Lipinski definition) is 5. The molecule has 0 atom stereocenters. The van der Waals surface area contributed by atoms with Crippen molar-refractivity contribution in [2.24, 2.45) is 0 Å². The minimum absolute atomic E-state index is 0.00621. The van der Waals surface area contributed by atoms with Crippen LogP contribution in [0.1, 0.15) is 28.1 Å². The standard InChI is InChI=1S/C31H26N4O5/c1-19-10-13-25(14-11-19)34-30(37)27(29(36)33(31(34)38)24-8-6-5-7-9-24)17-23-16-21(3)32(22(23)4)26-15-12-20(2)28(18-26)35(39)40/h5-18H,1-4H3/b27-17+. The molecule has 0 spiro atoms. The van der Waals surface area contributed by atoms with Crippen molar-refractivity contribution in [1.82, 2.24) is 4.57 Å². The Morgan fingerprint density at radius 2 is 1.30 bits per heavy atom. The third-order valence-electron chi connectivity index (χ3n) is 6.97. The number of nitro benzene ring substituents is 1. The molecule has 2 heterocycles. The van der Waals surface area contributed by atoms with Crippen molar-refractivity contribution in [3.05, 3.63) is 123 Å². The van der Waals surface area contributed by atoms with E-state index >= 15 is 0 Å². The van der Waals surface area contributed by atoms with Crippen LogP contribution in [0.4, 0.5) is 21.9 Å². The number of hydrogen-bond donors (Lipinski definition) is 0. The predicted octanol–water partition coefficient (Wildman–Crippen LogP) is 6.20. The number of amides is 4. The first-order valence-electron chi connectivity index (χ1n) is 12.6. The molecule has 40 heavy (non-hydrogen) atoms. The molecule has 200 valence electrons. The first kappa shape index (κ1) is 26.3. The highest BCUT2D eigenvalue weighted by molar-refractivity contribution is 6.46. The number of benzene rings is 3. The van der Waals surface area contributed by atoms with E-state index < -0.39 is 22.8 Å². The molecule has 1 aliphatic rings. The first-order valence-corrected chi connectivity index (χ1v) is 12.6. The second kappa shape index (κ2) is 10.1. The molecule has 0 N–H and O–H groups in total. The number of aryl methyl sites for hydroxylation is 3. The fraction of sp³-hybridized carbons (Fsp3) is 0.129. The average Bonchev–Trinajstić information content (AvgIpc) is 3.21. The zero-order valence-electron chi connectivity index (χ0n) is 22.4. The number of anilines is 2. The van der Waals surface area contributed by atoms with Crippen LogP contribution in [0.25, 0.3) is 11.8 Å². The lowest BCUT2D eigenvalue weighted by atomic mass is 10.0. The van der Waals surface area contributed by atoms with E-state index in [-0.39, 0.29) is 11.3 Å². The van der Waals surface area contributed by atoms with Crippen LogP contribution >= 0.6 is 0 Å². The summed E-state index contributed by atoms with van der Waals surface area (Å²) < 4.78 is 1.83. The largest absolute Gasteiger partial charge is 0.343 e. The molecule has 9 nitrogen and oxygen atoms in total. The van der Waals surface area contributed by atoms with Crippen molar-refractivity contribution in [2.75, 3.05) is 9.80 Å². The molecule has 4 amide bonds. The summed E-state index contributed by atoms with van der Waals surface area (Å²) in [6, 6.07) is 21.4. The number of nitro groups is 1. The number of aromatic nitrogens is 1. The smallest absolute Gasteiger partial charge is 0.318 e. The number of para-hydroxylation sites is 1. The summed E-state index contributed by atoms with van der Waals surface area (Å²) in [6.45, 7) is 7.21. The van der Waals surface area contributed by atoms with Crippen molar-refractivity contribution in [1.29, 1.82) is 0 Å². The molecule has 1 saturated heterocycles. The Balaban J connectivity index is 1.65. The monoisotopic (exact) mass is 534 g/mol. The van der Waals surface area contributed by atoms with E-state index in [1.54, 1.807) is 86.6 Å². The van der Waals surface area contributed by atoms with Crippen LogP contribution in [0.5, 0.6) is 0 Å². The highest BCUT2D eigenvalue weighted by Crippen LogP contribution is 2.32. The van der Waals surface area contributed by atoms with Gasteiger partial charge in [-0.25, -0.2) is 14.6 Å². The molecule has 0 aliphatic carbocycles. The van der Waals surface area contributed by atoms with Gasteiger partial charge >= 0.3 is 6.03 Å². The van der Waals surface area contributed by atoms with Gasteiger partial charge in [0, 0.05) is 23.0 Å². The summed E-state index contributed by atoms with van der Waals surface area (Å²) in [5, 5.41) is 11.5. The highest BCUT2D eigenvalue weighted by Gasteiger charge is 2.43. The van der Waals surface area contributed by atoms with E-state index in [1.807, 2.05) is 18.4 Å². The van der Waals surface area contributed by atoms with Gasteiger partial charge in [-0.3, -0.25) is 19.7 Å². The Morgan fingerprint density at radius 1 is 0.725 bits per heavy atom. The van der Waals surface area contributed by atoms with Gasteiger partial charge in [-0.2, -0.15) is 0 Å². The maximum Gasteiger partial charge on any atom is 0.343 e. The third kappa shape index (κ3) is 4.47. The van der Waals surface area contributed by atoms with Crippen molar-refractivity contribution in [2.45, 2.75) is 27.7 Å². The van der Waals surface area contributed by atoms with Gasteiger partial charge in [-0.15, -0.1) is 0 Å². The van der Waals surface area contributed by atoms with Gasteiger partial charge in [-0.1, -0.05) is 42.0 Å². The van der Waals surface area contributed by atoms with Gasteiger partial charge in [0.25, 0.3) is 17.5 Å². The van der Waals surface area contributed by atoms with E-state index in [4.69, 9.17) is 0 Å². The molecule has 5 rings (SSSR count). The maximum absolute atomic E-state index is 13.8. The van der Waals surface area contributed by atoms with Crippen molar-refractivity contribution < 1.29 is 19.3 Å². The van der Waals surface area contributed by atoms with Crippen LogP contribution in [0.2, 0.25) is 0 Å². The molecular formula is C31H26N4O5. The summed E-state index contributed by atoms with van der Waals surface area (Å²) in [7, 11) is 0. The Hall–Kier alpha value is -5.31. The second-order valence-corrected chi connectivity index (χ2v) is 9.68. The molecule has 9 heteroatoms. The molecule has 0 radical (unpaired) electrons. The number of rotatable bonds is 5. The first-order chi connectivity index (χ1) is 19.1. The van der Waals surface area contributed by atoms with Gasteiger partial charge in [0.2, 0.25) is 0 Å².